The molecule has 18 heavy (non-hydrogen) atoms. The van der Waals surface area contributed by atoms with Crippen LogP contribution in [0.5, 0.6) is 0 Å². The second kappa shape index (κ2) is 5.35. The number of hydrogen-bond donors (Lipinski definition) is 1. The first-order valence-electron chi connectivity index (χ1n) is 6.66. The van der Waals surface area contributed by atoms with Crippen LogP contribution >= 0.6 is 0 Å². The van der Waals surface area contributed by atoms with Crippen molar-refractivity contribution in [3.63, 3.8) is 0 Å². The molecule has 0 heterocycles. The molecule has 1 aliphatic carbocycles. The number of halogens is 2. The standard InChI is InChI=1S/C15H21F2N/c1-15(16,17)13-7-3-11(4-8-13)12-5-9-14(18-2)10-6-12/h3-4,7-8,12,14,18H,5-6,9-10H2,1-2H3. The minimum absolute atomic E-state index is 0.107. The molecule has 0 amide bonds. The van der Waals surface area contributed by atoms with E-state index in [1.807, 2.05) is 19.2 Å². The quantitative estimate of drug-likeness (QED) is 0.857. The molecule has 0 radical (unpaired) electrons. The van der Waals surface area contributed by atoms with Crippen molar-refractivity contribution in [3.8, 4) is 0 Å². The molecule has 0 aliphatic heterocycles. The molecule has 1 N–H and O–H groups in total. The van der Waals surface area contributed by atoms with Gasteiger partial charge < -0.3 is 5.32 Å². The van der Waals surface area contributed by atoms with Crippen molar-refractivity contribution in [2.24, 2.45) is 0 Å². The molecule has 0 unspecified atom stereocenters. The Labute approximate surface area is 108 Å². The lowest BCUT2D eigenvalue weighted by Gasteiger charge is -2.28. The summed E-state index contributed by atoms with van der Waals surface area (Å²) in [5.74, 6) is -2.20. The van der Waals surface area contributed by atoms with E-state index < -0.39 is 5.92 Å². The van der Waals surface area contributed by atoms with Crippen molar-refractivity contribution in [2.45, 2.75) is 50.5 Å². The molecule has 1 aliphatic rings. The average molecular weight is 253 g/mol. The maximum atomic E-state index is 13.1. The van der Waals surface area contributed by atoms with Crippen LogP contribution in [0.15, 0.2) is 24.3 Å². The third-order valence-electron chi connectivity index (χ3n) is 4.02. The van der Waals surface area contributed by atoms with Crippen LogP contribution in [0, 0.1) is 0 Å². The van der Waals surface area contributed by atoms with Crippen LogP contribution in [0.2, 0.25) is 0 Å². The Hall–Kier alpha value is -0.960. The largest absolute Gasteiger partial charge is 0.317 e. The summed E-state index contributed by atoms with van der Waals surface area (Å²) in [4.78, 5) is 0. The number of nitrogens with one attached hydrogen (secondary N) is 1. The van der Waals surface area contributed by atoms with E-state index in [4.69, 9.17) is 0 Å². The van der Waals surface area contributed by atoms with E-state index in [-0.39, 0.29) is 5.56 Å². The zero-order valence-corrected chi connectivity index (χ0v) is 11.0. The summed E-state index contributed by atoms with van der Waals surface area (Å²) < 4.78 is 26.2. The number of alkyl halides is 2. The zero-order chi connectivity index (χ0) is 13.2. The highest BCUT2D eigenvalue weighted by Crippen LogP contribution is 2.34. The van der Waals surface area contributed by atoms with Crippen LogP contribution < -0.4 is 5.32 Å². The third kappa shape index (κ3) is 3.08. The van der Waals surface area contributed by atoms with Gasteiger partial charge in [-0.15, -0.1) is 0 Å². The van der Waals surface area contributed by atoms with Crippen LogP contribution in [0.25, 0.3) is 0 Å². The predicted molar refractivity (Wildman–Crippen MR) is 70.1 cm³/mol. The Balaban J connectivity index is 2.02. The number of hydrogen-bond acceptors (Lipinski definition) is 1. The van der Waals surface area contributed by atoms with E-state index in [1.165, 1.54) is 18.4 Å². The summed E-state index contributed by atoms with van der Waals surface area (Å²) in [7, 11) is 2.00. The van der Waals surface area contributed by atoms with Crippen LogP contribution in [0.4, 0.5) is 8.78 Å². The first-order chi connectivity index (χ1) is 8.50. The molecule has 0 spiro atoms. The molecule has 0 saturated heterocycles. The Morgan fingerprint density at radius 3 is 2.06 bits per heavy atom. The van der Waals surface area contributed by atoms with Crippen molar-refractivity contribution in [3.05, 3.63) is 35.4 Å². The zero-order valence-electron chi connectivity index (χ0n) is 11.0. The summed E-state index contributed by atoms with van der Waals surface area (Å²) in [5, 5.41) is 3.31. The summed E-state index contributed by atoms with van der Waals surface area (Å²) in [6.45, 7) is 0.945. The number of benzene rings is 1. The third-order valence-corrected chi connectivity index (χ3v) is 4.02. The molecule has 1 nitrogen and oxygen atoms in total. The Morgan fingerprint density at radius 2 is 1.61 bits per heavy atom. The van der Waals surface area contributed by atoms with E-state index in [0.717, 1.165) is 19.8 Å². The summed E-state index contributed by atoms with van der Waals surface area (Å²) in [6, 6.07) is 7.51. The van der Waals surface area contributed by atoms with Gasteiger partial charge in [-0.2, -0.15) is 0 Å². The molecule has 1 aromatic rings. The highest BCUT2D eigenvalue weighted by Gasteiger charge is 2.25. The Kier molecular flexibility index (Phi) is 4.00. The fourth-order valence-corrected chi connectivity index (χ4v) is 2.76. The van der Waals surface area contributed by atoms with Gasteiger partial charge in [0.25, 0.3) is 5.92 Å². The van der Waals surface area contributed by atoms with Gasteiger partial charge in [0.05, 0.1) is 0 Å². The van der Waals surface area contributed by atoms with Gasteiger partial charge in [0, 0.05) is 18.5 Å². The van der Waals surface area contributed by atoms with Crippen LogP contribution in [-0.4, -0.2) is 13.1 Å². The lowest BCUT2D eigenvalue weighted by molar-refractivity contribution is 0.0174. The van der Waals surface area contributed by atoms with Gasteiger partial charge in [0.1, 0.15) is 0 Å². The summed E-state index contributed by atoms with van der Waals surface area (Å²) >= 11 is 0. The molecule has 0 aromatic heterocycles. The maximum Gasteiger partial charge on any atom is 0.270 e. The lowest BCUT2D eigenvalue weighted by Crippen LogP contribution is -2.29. The van der Waals surface area contributed by atoms with Gasteiger partial charge in [-0.1, -0.05) is 24.3 Å². The van der Waals surface area contributed by atoms with Gasteiger partial charge >= 0.3 is 0 Å². The van der Waals surface area contributed by atoms with Crippen molar-refractivity contribution in [2.75, 3.05) is 7.05 Å². The molecule has 0 bridgehead atoms. The molecule has 1 fully saturated rings. The van der Waals surface area contributed by atoms with Crippen LogP contribution in [0.3, 0.4) is 0 Å². The molecular weight excluding hydrogens is 232 g/mol. The van der Waals surface area contributed by atoms with Gasteiger partial charge in [-0.25, -0.2) is 8.78 Å². The van der Waals surface area contributed by atoms with Crippen LogP contribution in [-0.2, 0) is 5.92 Å². The minimum atomic E-state index is -2.73. The summed E-state index contributed by atoms with van der Waals surface area (Å²) in [5.41, 5.74) is 1.31. The SMILES string of the molecule is CNC1CCC(c2ccc(C(C)(F)F)cc2)CC1. The van der Waals surface area contributed by atoms with E-state index in [2.05, 4.69) is 5.32 Å². The van der Waals surface area contributed by atoms with Gasteiger partial charge in [0.2, 0.25) is 0 Å². The average Bonchev–Trinajstić information content (AvgIpc) is 2.38. The van der Waals surface area contributed by atoms with Gasteiger partial charge in [-0.05, 0) is 44.2 Å². The Morgan fingerprint density at radius 1 is 1.06 bits per heavy atom. The highest BCUT2D eigenvalue weighted by molar-refractivity contribution is 5.28. The van der Waals surface area contributed by atoms with E-state index in [1.54, 1.807) is 12.1 Å². The maximum absolute atomic E-state index is 13.1. The molecule has 2 rings (SSSR count). The Bertz CT molecular complexity index is 372. The fourth-order valence-electron chi connectivity index (χ4n) is 2.76. The summed E-state index contributed by atoms with van der Waals surface area (Å²) in [6.07, 6.45) is 4.64. The van der Waals surface area contributed by atoms with Crippen LogP contribution in [0.1, 0.15) is 49.7 Å². The molecule has 100 valence electrons. The second-order valence-corrected chi connectivity index (χ2v) is 5.35. The second-order valence-electron chi connectivity index (χ2n) is 5.35. The lowest BCUT2D eigenvalue weighted by atomic mass is 9.81. The van der Waals surface area contributed by atoms with E-state index in [9.17, 15) is 8.78 Å². The fraction of sp³-hybridized carbons (Fsp3) is 0.600. The highest BCUT2D eigenvalue weighted by atomic mass is 19.3. The topological polar surface area (TPSA) is 12.0 Å². The van der Waals surface area contributed by atoms with E-state index >= 15 is 0 Å². The first kappa shape index (κ1) is 13.5. The van der Waals surface area contributed by atoms with E-state index in [0.29, 0.717) is 12.0 Å². The van der Waals surface area contributed by atoms with Crippen molar-refractivity contribution >= 4 is 0 Å². The van der Waals surface area contributed by atoms with Crippen molar-refractivity contribution in [1.82, 2.24) is 5.32 Å². The van der Waals surface area contributed by atoms with Crippen molar-refractivity contribution in [1.29, 1.82) is 0 Å². The monoisotopic (exact) mass is 253 g/mol. The smallest absolute Gasteiger partial charge is 0.270 e. The van der Waals surface area contributed by atoms with Crippen molar-refractivity contribution < 1.29 is 8.78 Å². The minimum Gasteiger partial charge on any atom is -0.317 e. The first-order valence-corrected chi connectivity index (χ1v) is 6.66. The molecular formula is C15H21F2N. The van der Waals surface area contributed by atoms with Gasteiger partial charge in [0.15, 0.2) is 0 Å². The van der Waals surface area contributed by atoms with Gasteiger partial charge in [-0.3, -0.25) is 0 Å². The molecule has 0 atom stereocenters. The molecule has 3 heteroatoms. The molecule has 1 aromatic carbocycles. The number of rotatable bonds is 3. The normalized spacial score (nSPS) is 25.1. The predicted octanol–water partition coefficient (Wildman–Crippen LogP) is 4.04. The molecule has 1 saturated carbocycles.